The lowest BCUT2D eigenvalue weighted by atomic mass is 9.96. The van der Waals surface area contributed by atoms with Crippen LogP contribution in [0.5, 0.6) is 0 Å². The van der Waals surface area contributed by atoms with Crippen molar-refractivity contribution in [2.24, 2.45) is 0 Å². The Morgan fingerprint density at radius 2 is 2.03 bits per heavy atom. The first-order valence-electron chi connectivity index (χ1n) is 13.3. The molecule has 9 nitrogen and oxygen atoms in total. The van der Waals surface area contributed by atoms with Gasteiger partial charge in [0.2, 0.25) is 5.95 Å². The number of pyridine rings is 1. The number of likely N-dealkylation sites (tertiary alicyclic amines) is 1. The number of methoxy groups -OCH3 is 1. The molecule has 2 N–H and O–H groups in total. The standard InChI is InChI=1S/C26H34FN7O2S.C2H6/c1-16(10-23(36-4)18(3)27)30-26-29-13-20-14-33(15-22(20)31-26)21-7-9-34(17(2)11-21)25(35)19-6-8-28-24(12-19)32-37-5;1-2/h6,8,10,12-13,17,21H,7,9,11,14-15H2,1-5H3,(H,28,32)(H,29,30,31);1-2H3/b16-10+,23-18-;/t17-,21-;/m1./s1. The third kappa shape index (κ3) is 7.69. The Kier molecular flexibility index (Phi) is 11.1. The fourth-order valence-electron chi connectivity index (χ4n) is 4.88. The summed E-state index contributed by atoms with van der Waals surface area (Å²) in [5.41, 5.74) is 3.44. The number of nitrogens with zero attached hydrogens (tertiary/aromatic N) is 5. The van der Waals surface area contributed by atoms with Crippen LogP contribution in [0.1, 0.15) is 69.1 Å². The van der Waals surface area contributed by atoms with Gasteiger partial charge in [0.1, 0.15) is 11.6 Å². The van der Waals surface area contributed by atoms with Gasteiger partial charge in [0, 0.05) is 73.3 Å². The van der Waals surface area contributed by atoms with E-state index in [-0.39, 0.29) is 17.7 Å². The SMILES string of the molecule is CC.COC(/C=C(\C)Nc1ncc2c(n1)CN([C@@H]1CCN(C(=O)c3ccnc(NSC)c3)[C@H](C)C1)C2)=C(/C)F. The van der Waals surface area contributed by atoms with E-state index in [2.05, 4.69) is 31.8 Å². The molecule has 0 unspecified atom stereocenters. The summed E-state index contributed by atoms with van der Waals surface area (Å²) in [6, 6.07) is 4.06. The maximum absolute atomic E-state index is 13.5. The van der Waals surface area contributed by atoms with Gasteiger partial charge in [0.15, 0.2) is 5.76 Å². The summed E-state index contributed by atoms with van der Waals surface area (Å²) >= 11 is 1.45. The number of anilines is 2. The van der Waals surface area contributed by atoms with Crippen molar-refractivity contribution in [2.75, 3.05) is 29.9 Å². The van der Waals surface area contributed by atoms with Crippen molar-refractivity contribution in [1.29, 1.82) is 0 Å². The second-order valence-electron chi connectivity index (χ2n) is 9.39. The molecular formula is C28H40FN7O2S. The number of hydrogen-bond donors (Lipinski definition) is 2. The van der Waals surface area contributed by atoms with E-state index in [1.807, 2.05) is 38.1 Å². The van der Waals surface area contributed by atoms with Crippen LogP contribution in [0.4, 0.5) is 16.2 Å². The fraction of sp³-hybridized carbons (Fsp3) is 0.500. The molecule has 1 fully saturated rings. The van der Waals surface area contributed by atoms with E-state index >= 15 is 0 Å². The highest BCUT2D eigenvalue weighted by Crippen LogP contribution is 2.30. The molecule has 39 heavy (non-hydrogen) atoms. The van der Waals surface area contributed by atoms with Gasteiger partial charge in [-0.25, -0.2) is 19.3 Å². The number of fused-ring (bicyclic) bond motifs is 1. The molecule has 0 bridgehead atoms. The molecule has 0 radical (unpaired) electrons. The minimum atomic E-state index is -0.394. The maximum atomic E-state index is 13.5. The Morgan fingerprint density at radius 3 is 2.69 bits per heavy atom. The number of amides is 1. The van der Waals surface area contributed by atoms with E-state index in [0.29, 0.717) is 35.6 Å². The molecule has 11 heteroatoms. The van der Waals surface area contributed by atoms with Crippen LogP contribution in [0.3, 0.4) is 0 Å². The van der Waals surface area contributed by atoms with Crippen LogP contribution in [-0.2, 0) is 17.8 Å². The number of nitrogens with one attached hydrogen (secondary N) is 2. The molecule has 2 aromatic heterocycles. The van der Waals surface area contributed by atoms with Gasteiger partial charge in [0.05, 0.1) is 12.8 Å². The summed E-state index contributed by atoms with van der Waals surface area (Å²) in [5.74, 6) is 0.973. The van der Waals surface area contributed by atoms with Crippen molar-refractivity contribution in [3.63, 3.8) is 0 Å². The molecule has 4 rings (SSSR count). The number of aromatic nitrogens is 3. The summed E-state index contributed by atoms with van der Waals surface area (Å²) in [6.45, 7) is 11.5. The molecule has 0 aromatic carbocycles. The molecule has 212 valence electrons. The first-order chi connectivity index (χ1) is 18.8. The van der Waals surface area contributed by atoms with Crippen molar-refractivity contribution in [3.8, 4) is 0 Å². The molecule has 0 spiro atoms. The maximum Gasteiger partial charge on any atom is 0.254 e. The molecule has 4 heterocycles. The third-order valence-corrected chi connectivity index (χ3v) is 7.15. The predicted octanol–water partition coefficient (Wildman–Crippen LogP) is 5.76. The van der Waals surface area contributed by atoms with Gasteiger partial charge in [-0.3, -0.25) is 9.69 Å². The Bertz CT molecular complexity index is 1200. The third-order valence-electron chi connectivity index (χ3n) is 6.74. The van der Waals surface area contributed by atoms with Gasteiger partial charge in [-0.2, -0.15) is 0 Å². The average molecular weight is 558 g/mol. The van der Waals surface area contributed by atoms with E-state index in [0.717, 1.165) is 37.2 Å². The van der Waals surface area contributed by atoms with Crippen molar-refractivity contribution >= 4 is 29.6 Å². The van der Waals surface area contributed by atoms with Crippen molar-refractivity contribution in [2.45, 2.75) is 72.6 Å². The molecular weight excluding hydrogens is 517 g/mol. The second-order valence-corrected chi connectivity index (χ2v) is 10.00. The lowest BCUT2D eigenvalue weighted by molar-refractivity contribution is 0.0460. The lowest BCUT2D eigenvalue weighted by Gasteiger charge is -2.41. The first-order valence-corrected chi connectivity index (χ1v) is 14.5. The summed E-state index contributed by atoms with van der Waals surface area (Å²) in [7, 11) is 1.43. The number of piperidine rings is 1. The minimum absolute atomic E-state index is 0.0432. The fourth-order valence-corrected chi connectivity index (χ4v) is 5.20. The summed E-state index contributed by atoms with van der Waals surface area (Å²) in [6.07, 6.45) is 8.83. The topological polar surface area (TPSA) is 95.5 Å². The summed E-state index contributed by atoms with van der Waals surface area (Å²) < 4.78 is 21.7. The molecule has 2 atom stereocenters. The molecule has 0 saturated carbocycles. The van der Waals surface area contributed by atoms with Gasteiger partial charge < -0.3 is 19.7 Å². The second kappa shape index (κ2) is 14.3. The molecule has 0 aliphatic carbocycles. The van der Waals surface area contributed by atoms with Gasteiger partial charge >= 0.3 is 0 Å². The molecule has 1 amide bonds. The van der Waals surface area contributed by atoms with Gasteiger partial charge in [-0.1, -0.05) is 25.8 Å². The van der Waals surface area contributed by atoms with E-state index in [4.69, 9.17) is 9.72 Å². The number of hydrogen-bond acceptors (Lipinski definition) is 9. The average Bonchev–Trinajstić information content (AvgIpc) is 3.36. The van der Waals surface area contributed by atoms with Crippen LogP contribution in [-0.4, -0.2) is 62.7 Å². The Labute approximate surface area is 235 Å². The smallest absolute Gasteiger partial charge is 0.254 e. The highest BCUT2D eigenvalue weighted by atomic mass is 32.2. The van der Waals surface area contributed by atoms with Gasteiger partial charge in [0.25, 0.3) is 5.91 Å². The lowest BCUT2D eigenvalue weighted by Crippen LogP contribution is -2.50. The van der Waals surface area contributed by atoms with Crippen LogP contribution in [0.2, 0.25) is 0 Å². The van der Waals surface area contributed by atoms with E-state index in [1.165, 1.54) is 26.0 Å². The van der Waals surface area contributed by atoms with E-state index in [9.17, 15) is 9.18 Å². The molecule has 2 aliphatic rings. The van der Waals surface area contributed by atoms with Crippen LogP contribution < -0.4 is 10.0 Å². The van der Waals surface area contributed by atoms with Crippen LogP contribution in [0.25, 0.3) is 0 Å². The van der Waals surface area contributed by atoms with E-state index < -0.39 is 5.83 Å². The van der Waals surface area contributed by atoms with E-state index in [1.54, 1.807) is 24.4 Å². The van der Waals surface area contributed by atoms with Gasteiger partial charge in [-0.15, -0.1) is 0 Å². The van der Waals surface area contributed by atoms with Crippen LogP contribution in [0.15, 0.2) is 47.9 Å². The number of allylic oxidation sites excluding steroid dienone is 3. The molecule has 2 aliphatic heterocycles. The minimum Gasteiger partial charge on any atom is -0.494 e. The van der Waals surface area contributed by atoms with Crippen LogP contribution >= 0.6 is 11.9 Å². The number of halogens is 1. The predicted molar refractivity (Wildman–Crippen MR) is 156 cm³/mol. The normalized spacial score (nSPS) is 19.9. The highest BCUT2D eigenvalue weighted by molar-refractivity contribution is 7.99. The number of ether oxygens (including phenoxy) is 1. The largest absolute Gasteiger partial charge is 0.494 e. The quantitative estimate of drug-likeness (QED) is 0.239. The molecule has 1 saturated heterocycles. The number of rotatable bonds is 8. The monoisotopic (exact) mass is 557 g/mol. The van der Waals surface area contributed by atoms with Crippen molar-refractivity contribution in [3.05, 3.63) is 64.7 Å². The molecule has 2 aromatic rings. The number of carbonyl (C=O) groups is 1. The van der Waals surface area contributed by atoms with Crippen molar-refractivity contribution in [1.82, 2.24) is 24.8 Å². The number of carbonyl (C=O) groups excluding carboxylic acids is 1. The Morgan fingerprint density at radius 1 is 1.26 bits per heavy atom. The summed E-state index contributed by atoms with van der Waals surface area (Å²) in [4.78, 5) is 31.0. The zero-order chi connectivity index (χ0) is 28.5. The first kappa shape index (κ1) is 30.4. The summed E-state index contributed by atoms with van der Waals surface area (Å²) in [5, 5.41) is 3.12. The highest BCUT2D eigenvalue weighted by Gasteiger charge is 2.35. The van der Waals surface area contributed by atoms with Crippen molar-refractivity contribution < 1.29 is 13.9 Å². The van der Waals surface area contributed by atoms with Gasteiger partial charge in [-0.05, 0) is 45.7 Å². The zero-order valence-corrected chi connectivity index (χ0v) is 24.7. The van der Waals surface area contributed by atoms with Crippen LogP contribution in [0, 0.1) is 0 Å². The zero-order valence-electron chi connectivity index (χ0n) is 23.9. The Hall–Kier alpha value is -3.18. The Balaban J connectivity index is 0.00000205.